The van der Waals surface area contributed by atoms with Crippen molar-refractivity contribution in [3.8, 4) is 0 Å². The fraction of sp³-hybridized carbons (Fsp3) is 0.188. The van der Waals surface area contributed by atoms with Gasteiger partial charge in [-0.1, -0.05) is 18.2 Å². The highest BCUT2D eigenvalue weighted by atomic mass is 19.1. The minimum Gasteiger partial charge on any atom is -0.358 e. The molecule has 3 N–H and O–H groups in total. The molecular formula is C16H18FN2O+. The number of amides is 1. The predicted molar refractivity (Wildman–Crippen MR) is 76.9 cm³/mol. The molecule has 2 rings (SSSR count). The minimum absolute atomic E-state index is 0.0781. The van der Waals surface area contributed by atoms with Crippen LogP contribution in [0.25, 0.3) is 0 Å². The van der Waals surface area contributed by atoms with Crippen LogP contribution in [-0.4, -0.2) is 19.0 Å². The molecule has 0 aliphatic carbocycles. The zero-order chi connectivity index (χ0) is 14.4. The van der Waals surface area contributed by atoms with Crippen molar-refractivity contribution in [1.82, 2.24) is 0 Å². The molecule has 0 spiro atoms. The molecule has 1 amide bonds. The Balaban J connectivity index is 2.27. The van der Waals surface area contributed by atoms with E-state index >= 15 is 0 Å². The SMILES string of the molecule is [NH3+]CCCN(C(=O)c1ccccc1)c1ccc(F)cc1. The second-order valence-corrected chi connectivity index (χ2v) is 4.51. The number of hydrogen-bond donors (Lipinski definition) is 1. The Morgan fingerprint density at radius 1 is 1.05 bits per heavy atom. The highest BCUT2D eigenvalue weighted by Gasteiger charge is 2.17. The topological polar surface area (TPSA) is 48.0 Å². The van der Waals surface area contributed by atoms with Crippen molar-refractivity contribution in [3.05, 3.63) is 66.0 Å². The summed E-state index contributed by atoms with van der Waals surface area (Å²) in [5.74, 6) is -0.385. The average molecular weight is 273 g/mol. The van der Waals surface area contributed by atoms with Gasteiger partial charge < -0.3 is 10.6 Å². The van der Waals surface area contributed by atoms with Crippen molar-refractivity contribution < 1.29 is 14.9 Å². The number of carbonyl (C=O) groups excluding carboxylic acids is 1. The number of carbonyl (C=O) groups is 1. The van der Waals surface area contributed by atoms with Gasteiger partial charge in [0.05, 0.1) is 6.54 Å². The molecule has 0 aliphatic heterocycles. The van der Waals surface area contributed by atoms with Crippen LogP contribution in [0.4, 0.5) is 10.1 Å². The molecule has 104 valence electrons. The van der Waals surface area contributed by atoms with Gasteiger partial charge in [0, 0.05) is 24.2 Å². The van der Waals surface area contributed by atoms with Crippen LogP contribution in [0, 0.1) is 5.82 Å². The lowest BCUT2D eigenvalue weighted by Gasteiger charge is -2.22. The van der Waals surface area contributed by atoms with E-state index in [1.165, 1.54) is 12.1 Å². The third kappa shape index (κ3) is 3.42. The average Bonchev–Trinajstić information content (AvgIpc) is 2.50. The van der Waals surface area contributed by atoms with Gasteiger partial charge in [0.25, 0.3) is 5.91 Å². The summed E-state index contributed by atoms with van der Waals surface area (Å²) in [6.45, 7) is 1.32. The summed E-state index contributed by atoms with van der Waals surface area (Å²) in [6, 6.07) is 15.1. The van der Waals surface area contributed by atoms with Gasteiger partial charge in [0.15, 0.2) is 0 Å². The molecule has 20 heavy (non-hydrogen) atoms. The van der Waals surface area contributed by atoms with Gasteiger partial charge in [-0.3, -0.25) is 4.79 Å². The fourth-order valence-electron chi connectivity index (χ4n) is 1.98. The van der Waals surface area contributed by atoms with E-state index in [9.17, 15) is 9.18 Å². The third-order valence-corrected chi connectivity index (χ3v) is 3.04. The fourth-order valence-corrected chi connectivity index (χ4v) is 1.98. The Hall–Kier alpha value is -2.20. The first-order valence-electron chi connectivity index (χ1n) is 6.64. The smallest absolute Gasteiger partial charge is 0.258 e. The van der Waals surface area contributed by atoms with Crippen LogP contribution < -0.4 is 10.6 Å². The van der Waals surface area contributed by atoms with Crippen molar-refractivity contribution >= 4 is 11.6 Å². The molecule has 0 heterocycles. The van der Waals surface area contributed by atoms with E-state index in [4.69, 9.17) is 0 Å². The molecule has 0 saturated heterocycles. The standard InChI is InChI=1S/C16H17FN2O/c17-14-7-9-15(10-8-14)19(12-4-11-18)16(20)13-5-2-1-3-6-13/h1-3,5-10H,4,11-12,18H2/p+1. The quantitative estimate of drug-likeness (QED) is 0.891. The van der Waals surface area contributed by atoms with E-state index in [1.807, 2.05) is 18.2 Å². The second-order valence-electron chi connectivity index (χ2n) is 4.51. The summed E-state index contributed by atoms with van der Waals surface area (Å²) in [4.78, 5) is 14.2. The highest BCUT2D eigenvalue weighted by Crippen LogP contribution is 2.18. The Morgan fingerprint density at radius 3 is 2.30 bits per heavy atom. The molecule has 0 bridgehead atoms. The van der Waals surface area contributed by atoms with Crippen LogP contribution >= 0.6 is 0 Å². The number of quaternary nitrogens is 1. The van der Waals surface area contributed by atoms with Crippen LogP contribution in [0.2, 0.25) is 0 Å². The number of benzene rings is 2. The molecule has 0 fully saturated rings. The number of rotatable bonds is 5. The lowest BCUT2D eigenvalue weighted by Crippen LogP contribution is -2.51. The van der Waals surface area contributed by atoms with Crippen molar-refractivity contribution in [2.75, 3.05) is 18.0 Å². The van der Waals surface area contributed by atoms with Gasteiger partial charge >= 0.3 is 0 Å². The Kier molecular flexibility index (Phi) is 4.85. The number of halogens is 1. The monoisotopic (exact) mass is 273 g/mol. The largest absolute Gasteiger partial charge is 0.358 e. The molecule has 0 radical (unpaired) electrons. The predicted octanol–water partition coefficient (Wildman–Crippen LogP) is 2.10. The van der Waals surface area contributed by atoms with E-state index in [-0.39, 0.29) is 11.7 Å². The van der Waals surface area contributed by atoms with Crippen molar-refractivity contribution in [3.63, 3.8) is 0 Å². The van der Waals surface area contributed by atoms with Gasteiger partial charge in [-0.25, -0.2) is 4.39 Å². The number of hydrogen-bond acceptors (Lipinski definition) is 1. The maximum Gasteiger partial charge on any atom is 0.258 e. The first-order valence-corrected chi connectivity index (χ1v) is 6.64. The Morgan fingerprint density at radius 2 is 1.70 bits per heavy atom. The van der Waals surface area contributed by atoms with Crippen LogP contribution in [0.5, 0.6) is 0 Å². The van der Waals surface area contributed by atoms with Gasteiger partial charge in [0.1, 0.15) is 5.82 Å². The Bertz CT molecular complexity index is 554. The summed E-state index contributed by atoms with van der Waals surface area (Å²) in [7, 11) is 0. The van der Waals surface area contributed by atoms with E-state index in [1.54, 1.807) is 29.2 Å². The van der Waals surface area contributed by atoms with Gasteiger partial charge in [-0.05, 0) is 36.4 Å². The molecule has 2 aromatic carbocycles. The van der Waals surface area contributed by atoms with Crippen molar-refractivity contribution in [2.45, 2.75) is 6.42 Å². The summed E-state index contributed by atoms with van der Waals surface area (Å²) < 4.78 is 13.0. The van der Waals surface area contributed by atoms with Crippen LogP contribution in [-0.2, 0) is 0 Å². The molecule has 0 saturated carbocycles. The van der Waals surface area contributed by atoms with E-state index in [0.29, 0.717) is 17.8 Å². The van der Waals surface area contributed by atoms with E-state index in [0.717, 1.165) is 13.0 Å². The summed E-state index contributed by atoms with van der Waals surface area (Å²) in [5.41, 5.74) is 5.13. The molecule has 3 nitrogen and oxygen atoms in total. The lowest BCUT2D eigenvalue weighted by atomic mass is 10.1. The van der Waals surface area contributed by atoms with E-state index < -0.39 is 0 Å². The first-order chi connectivity index (χ1) is 9.72. The first kappa shape index (κ1) is 14.2. The molecule has 0 atom stereocenters. The second kappa shape index (κ2) is 6.82. The zero-order valence-corrected chi connectivity index (χ0v) is 11.3. The number of nitrogens with zero attached hydrogens (tertiary/aromatic N) is 1. The van der Waals surface area contributed by atoms with Gasteiger partial charge in [-0.15, -0.1) is 0 Å². The Labute approximate surface area is 117 Å². The highest BCUT2D eigenvalue weighted by molar-refractivity contribution is 6.06. The maximum atomic E-state index is 13.0. The van der Waals surface area contributed by atoms with Crippen LogP contribution in [0.15, 0.2) is 54.6 Å². The molecule has 4 heteroatoms. The molecule has 0 aromatic heterocycles. The lowest BCUT2D eigenvalue weighted by molar-refractivity contribution is -0.367. The van der Waals surface area contributed by atoms with Crippen molar-refractivity contribution in [1.29, 1.82) is 0 Å². The third-order valence-electron chi connectivity index (χ3n) is 3.04. The van der Waals surface area contributed by atoms with Crippen LogP contribution in [0.3, 0.4) is 0 Å². The normalized spacial score (nSPS) is 10.3. The summed E-state index contributed by atoms with van der Waals surface area (Å²) >= 11 is 0. The van der Waals surface area contributed by atoms with Gasteiger partial charge in [-0.2, -0.15) is 0 Å². The molecular weight excluding hydrogens is 255 g/mol. The summed E-state index contributed by atoms with van der Waals surface area (Å²) in [6.07, 6.45) is 0.802. The minimum atomic E-state index is -0.307. The van der Waals surface area contributed by atoms with Crippen LogP contribution in [0.1, 0.15) is 16.8 Å². The van der Waals surface area contributed by atoms with Gasteiger partial charge in [0.2, 0.25) is 0 Å². The summed E-state index contributed by atoms with van der Waals surface area (Å²) in [5, 5.41) is 0. The molecule has 2 aromatic rings. The van der Waals surface area contributed by atoms with E-state index in [2.05, 4.69) is 5.73 Å². The van der Waals surface area contributed by atoms with Crippen molar-refractivity contribution in [2.24, 2.45) is 0 Å². The molecule has 0 aliphatic rings. The maximum absolute atomic E-state index is 13.0. The molecule has 0 unspecified atom stereocenters. The number of anilines is 1. The zero-order valence-electron chi connectivity index (χ0n) is 11.3.